The lowest BCUT2D eigenvalue weighted by Crippen LogP contribution is -2.66. The summed E-state index contributed by atoms with van der Waals surface area (Å²) in [7, 11) is 1.32. The average Bonchev–Trinajstić information content (AvgIpc) is 3.24. The van der Waals surface area contributed by atoms with Gasteiger partial charge in [0.1, 0.15) is 43.2 Å². The van der Waals surface area contributed by atoms with E-state index in [1.165, 1.54) is 19.2 Å². The fourth-order valence-electron chi connectivity index (χ4n) is 6.48. The molecule has 2 aliphatic rings. The molecule has 2 saturated heterocycles. The molecule has 2 fully saturated rings. The van der Waals surface area contributed by atoms with Crippen LogP contribution >= 0.6 is 0 Å². The van der Waals surface area contributed by atoms with Gasteiger partial charge in [0.05, 0.1) is 24.3 Å². The van der Waals surface area contributed by atoms with Crippen molar-refractivity contribution in [3.63, 3.8) is 0 Å². The normalized spacial score (nSPS) is 27.1. The first kappa shape index (κ1) is 41.0. The van der Waals surface area contributed by atoms with Crippen molar-refractivity contribution in [3.05, 3.63) is 154 Å². The maximum absolute atomic E-state index is 13.6. The number of nitrogens with zero attached hydrogens (tertiary/aromatic N) is 3. The minimum Gasteiger partial charge on any atom is -0.479 e. The number of azide groups is 1. The van der Waals surface area contributed by atoms with Gasteiger partial charge in [0, 0.05) is 12.0 Å². The molecule has 0 saturated carbocycles. The first-order valence-electron chi connectivity index (χ1n) is 18.0. The molecule has 10 atom stereocenters. The number of methoxy groups -OCH3 is 1. The lowest BCUT2D eigenvalue weighted by Gasteiger charge is -2.48. The molecule has 16 heteroatoms. The van der Waals surface area contributed by atoms with E-state index >= 15 is 0 Å². The van der Waals surface area contributed by atoms with Gasteiger partial charge in [-0.3, -0.25) is 0 Å². The zero-order valence-corrected chi connectivity index (χ0v) is 30.7. The Morgan fingerprint density at radius 1 is 0.702 bits per heavy atom. The van der Waals surface area contributed by atoms with Crippen molar-refractivity contribution in [2.24, 2.45) is 5.11 Å². The molecule has 0 bridgehead atoms. The molecule has 0 amide bonds. The number of rotatable bonds is 16. The van der Waals surface area contributed by atoms with Crippen LogP contribution in [0.5, 0.6) is 0 Å². The molecule has 4 aromatic rings. The van der Waals surface area contributed by atoms with Crippen LogP contribution in [0.3, 0.4) is 0 Å². The number of aliphatic hydroxyl groups excluding tert-OH is 1. The van der Waals surface area contributed by atoms with Gasteiger partial charge in [0.25, 0.3) is 0 Å². The first-order valence-corrected chi connectivity index (χ1v) is 18.0. The van der Waals surface area contributed by atoms with Gasteiger partial charge in [0.15, 0.2) is 24.8 Å². The number of carboxylic acids is 1. The quantitative estimate of drug-likeness (QED) is 0.0674. The number of carbonyl (C=O) groups is 3. The monoisotopic (exact) mass is 783 g/mol. The molecule has 0 aromatic heterocycles. The molecule has 0 spiro atoms. The fraction of sp³-hybridized carbons (Fsp3) is 0.341. The van der Waals surface area contributed by atoms with Crippen molar-refractivity contribution in [1.29, 1.82) is 0 Å². The van der Waals surface area contributed by atoms with E-state index in [0.29, 0.717) is 5.56 Å². The summed E-state index contributed by atoms with van der Waals surface area (Å²) in [6, 6.07) is 32.9. The van der Waals surface area contributed by atoms with E-state index < -0.39 is 85.9 Å². The summed E-state index contributed by atoms with van der Waals surface area (Å²) >= 11 is 0. The lowest BCUT2D eigenvalue weighted by atomic mass is 9.95. The van der Waals surface area contributed by atoms with Gasteiger partial charge in [-0.25, -0.2) is 14.4 Å². The third kappa shape index (κ3) is 10.4. The van der Waals surface area contributed by atoms with Gasteiger partial charge in [-0.1, -0.05) is 102 Å². The Bertz CT molecular complexity index is 1950. The number of hydrogen-bond donors (Lipinski definition) is 2. The Labute approximate surface area is 327 Å². The molecular weight excluding hydrogens is 742 g/mol. The topological polar surface area (TPSA) is 214 Å². The second-order valence-corrected chi connectivity index (χ2v) is 13.1. The Morgan fingerprint density at radius 3 is 1.75 bits per heavy atom. The summed E-state index contributed by atoms with van der Waals surface area (Å²) in [5.41, 5.74) is 11.4. The predicted octanol–water partition coefficient (Wildman–Crippen LogP) is 4.85. The Morgan fingerprint density at radius 2 is 1.23 bits per heavy atom. The van der Waals surface area contributed by atoms with Gasteiger partial charge in [-0.2, -0.15) is 0 Å². The van der Waals surface area contributed by atoms with Gasteiger partial charge in [0.2, 0.25) is 0 Å². The van der Waals surface area contributed by atoms with Crippen LogP contribution in [0, 0.1) is 0 Å². The molecule has 4 aromatic carbocycles. The highest BCUT2D eigenvalue weighted by Gasteiger charge is 2.55. The summed E-state index contributed by atoms with van der Waals surface area (Å²) in [6.45, 7) is -0.623. The van der Waals surface area contributed by atoms with E-state index in [2.05, 4.69) is 10.0 Å². The zero-order chi connectivity index (χ0) is 40.1. The van der Waals surface area contributed by atoms with Crippen LogP contribution in [0.4, 0.5) is 0 Å². The van der Waals surface area contributed by atoms with Crippen molar-refractivity contribution >= 4 is 17.9 Å². The Kier molecular flexibility index (Phi) is 14.3. The minimum atomic E-state index is -1.94. The summed E-state index contributed by atoms with van der Waals surface area (Å²) < 4.78 is 48.5. The third-order valence-electron chi connectivity index (χ3n) is 9.30. The highest BCUT2D eigenvalue weighted by atomic mass is 16.8. The molecule has 57 heavy (non-hydrogen) atoms. The highest BCUT2D eigenvalue weighted by molar-refractivity contribution is 5.90. The zero-order valence-electron chi connectivity index (χ0n) is 30.7. The number of ether oxygens (including phenoxy) is 8. The molecule has 2 aliphatic heterocycles. The number of carboxylic acid groups (broad SMARTS) is 1. The Balaban J connectivity index is 1.39. The van der Waals surface area contributed by atoms with Crippen molar-refractivity contribution in [2.75, 3.05) is 13.7 Å². The number of hydrogen-bond acceptors (Lipinski definition) is 13. The van der Waals surface area contributed by atoms with Gasteiger partial charge < -0.3 is 48.1 Å². The number of esters is 2. The minimum absolute atomic E-state index is 0.0347. The third-order valence-corrected chi connectivity index (χ3v) is 9.30. The molecule has 2 heterocycles. The van der Waals surface area contributed by atoms with E-state index in [1.54, 1.807) is 91.0 Å². The molecule has 2 N–H and O–H groups in total. The maximum Gasteiger partial charge on any atom is 0.338 e. The van der Waals surface area contributed by atoms with Crippen LogP contribution in [-0.2, 0) is 55.9 Å². The van der Waals surface area contributed by atoms with Crippen molar-refractivity contribution in [2.45, 2.75) is 74.6 Å². The van der Waals surface area contributed by atoms with Crippen molar-refractivity contribution in [3.8, 4) is 0 Å². The van der Waals surface area contributed by atoms with E-state index in [-0.39, 0.29) is 24.3 Å². The lowest BCUT2D eigenvalue weighted by molar-refractivity contribution is -0.347. The number of aliphatic hydroxyl groups is 1. The summed E-state index contributed by atoms with van der Waals surface area (Å²) in [5.74, 6) is -3.12. The van der Waals surface area contributed by atoms with Crippen LogP contribution in [0.2, 0.25) is 0 Å². The first-order chi connectivity index (χ1) is 27.8. The second-order valence-electron chi connectivity index (χ2n) is 13.1. The predicted molar refractivity (Wildman–Crippen MR) is 198 cm³/mol. The maximum atomic E-state index is 13.6. The Hall–Kier alpha value is -5.68. The molecule has 0 unspecified atom stereocenters. The number of carbonyl (C=O) groups excluding carboxylic acids is 2. The van der Waals surface area contributed by atoms with Gasteiger partial charge in [-0.15, -0.1) is 0 Å². The van der Waals surface area contributed by atoms with Crippen LogP contribution in [-0.4, -0.2) is 103 Å². The largest absolute Gasteiger partial charge is 0.479 e. The van der Waals surface area contributed by atoms with Crippen LogP contribution in [0.15, 0.2) is 126 Å². The average molecular weight is 784 g/mol. The van der Waals surface area contributed by atoms with Crippen molar-refractivity contribution in [1.82, 2.24) is 0 Å². The molecule has 0 aliphatic carbocycles. The smallest absolute Gasteiger partial charge is 0.338 e. The van der Waals surface area contributed by atoms with E-state index in [1.807, 2.05) is 18.2 Å². The fourth-order valence-corrected chi connectivity index (χ4v) is 6.48. The van der Waals surface area contributed by atoms with E-state index in [0.717, 1.165) is 5.56 Å². The molecule has 298 valence electrons. The number of aliphatic carboxylic acids is 1. The van der Waals surface area contributed by atoms with Crippen LogP contribution < -0.4 is 0 Å². The van der Waals surface area contributed by atoms with E-state index in [9.17, 15) is 30.1 Å². The highest BCUT2D eigenvalue weighted by Crippen LogP contribution is 2.35. The molecule has 0 radical (unpaired) electrons. The molecule has 6 rings (SSSR count). The van der Waals surface area contributed by atoms with Gasteiger partial charge in [-0.05, 0) is 40.9 Å². The molecular formula is C41H41N3O13. The number of benzene rings is 4. The van der Waals surface area contributed by atoms with Gasteiger partial charge >= 0.3 is 17.9 Å². The molecule has 16 nitrogen and oxygen atoms in total. The summed E-state index contributed by atoms with van der Waals surface area (Å²) in [5, 5.41) is 25.6. The summed E-state index contributed by atoms with van der Waals surface area (Å²) in [4.78, 5) is 42.4. The SMILES string of the molecule is CO[C@H]1O[C@H](COC(=O)c2ccccc2)[C@@H](O[C@@H]2O[C@@H](C(=O)O)[C@@H](O)[C@H](OCc3ccccc3)[C@H]2OC(=O)c2ccccc2)[C@H](OCc2ccccc2)[C@H]1N=[N+]=[N-]. The summed E-state index contributed by atoms with van der Waals surface area (Å²) in [6.07, 6.45) is -13.9. The van der Waals surface area contributed by atoms with Crippen LogP contribution in [0.25, 0.3) is 10.4 Å². The van der Waals surface area contributed by atoms with E-state index in [4.69, 9.17) is 37.9 Å². The van der Waals surface area contributed by atoms with Crippen molar-refractivity contribution < 1.29 is 62.5 Å². The second kappa shape index (κ2) is 20.0. The van der Waals surface area contributed by atoms with Crippen LogP contribution in [0.1, 0.15) is 31.8 Å². The standard InChI is InChI=1S/C41H41N3O13/c1-50-40-30(43-44-42)33(51-22-25-14-6-2-7-15-25)32(29(54-40)24-53-38(48)27-18-10-4-11-19-27)56-41-36(55-39(49)28-20-12-5-13-21-28)34(31(45)35(57-41)37(46)47)52-23-26-16-8-3-9-17-26/h2-21,29-36,40-41,45H,22-24H2,1H3,(H,46,47)/t29-,30-,31+,32-,33-,34+,35-,36-,40+,41-/m1/s1.